The Morgan fingerprint density at radius 3 is 3.21 bits per heavy atom. The molecule has 1 aromatic heterocycles. The lowest BCUT2D eigenvalue weighted by molar-refractivity contribution is 0.0972. The van der Waals surface area contributed by atoms with Crippen LogP contribution in [0.4, 0.5) is 0 Å². The molecule has 3 rings (SSSR count). The average molecular weight is 193 g/mol. The van der Waals surface area contributed by atoms with Crippen molar-refractivity contribution in [1.29, 1.82) is 0 Å². The summed E-state index contributed by atoms with van der Waals surface area (Å²) in [7, 11) is 0. The van der Waals surface area contributed by atoms with E-state index in [-0.39, 0.29) is 0 Å². The van der Waals surface area contributed by atoms with Crippen LogP contribution in [-0.4, -0.2) is 28.2 Å². The summed E-state index contributed by atoms with van der Waals surface area (Å²) in [4.78, 5) is 7.08. The van der Waals surface area contributed by atoms with Crippen LogP contribution in [0.2, 0.25) is 0 Å². The van der Waals surface area contributed by atoms with Crippen LogP contribution in [0.15, 0.2) is 12.5 Å². The van der Waals surface area contributed by atoms with Crippen LogP contribution in [-0.2, 0) is 11.3 Å². The first kappa shape index (κ1) is 8.44. The molecule has 0 radical (unpaired) electrons. The lowest BCUT2D eigenvalue weighted by Crippen LogP contribution is -2.37. The van der Waals surface area contributed by atoms with E-state index >= 15 is 0 Å². The molecule has 14 heavy (non-hydrogen) atoms. The maximum atomic E-state index is 5.77. The number of hydrogen-bond acceptors (Lipinski definition) is 3. The largest absolute Gasteiger partial charge is 0.373 e. The molecule has 1 aromatic rings. The molecule has 3 heterocycles. The Hall–Kier alpha value is -0.870. The van der Waals surface area contributed by atoms with E-state index < -0.39 is 0 Å². The van der Waals surface area contributed by atoms with Crippen molar-refractivity contribution in [2.24, 2.45) is 0 Å². The second-order valence-electron chi connectivity index (χ2n) is 4.17. The average Bonchev–Trinajstić information content (AvgIpc) is 2.91. The summed E-state index contributed by atoms with van der Waals surface area (Å²) in [5.74, 6) is 0. The monoisotopic (exact) mass is 193 g/mol. The first-order valence-electron chi connectivity index (χ1n) is 5.28. The second-order valence-corrected chi connectivity index (χ2v) is 4.17. The lowest BCUT2D eigenvalue weighted by Gasteiger charge is -2.19. The smallest absolute Gasteiger partial charge is 0.0922 e. The number of rotatable bonds is 3. The third-order valence-corrected chi connectivity index (χ3v) is 3.22. The van der Waals surface area contributed by atoms with Crippen LogP contribution in [0.3, 0.4) is 0 Å². The number of ether oxygens (including phenoxy) is 1. The predicted molar refractivity (Wildman–Crippen MR) is 51.7 cm³/mol. The molecule has 3 unspecified atom stereocenters. The SMILES string of the molecule is c1ncc(CNC2CC3CCC2O3)[nH]1. The van der Waals surface area contributed by atoms with Crippen molar-refractivity contribution in [2.45, 2.75) is 44.1 Å². The Morgan fingerprint density at radius 1 is 1.57 bits per heavy atom. The zero-order valence-electron chi connectivity index (χ0n) is 8.07. The molecule has 0 saturated carbocycles. The van der Waals surface area contributed by atoms with Gasteiger partial charge in [0.25, 0.3) is 0 Å². The van der Waals surface area contributed by atoms with Crippen molar-refractivity contribution in [1.82, 2.24) is 15.3 Å². The van der Waals surface area contributed by atoms with Crippen LogP contribution >= 0.6 is 0 Å². The van der Waals surface area contributed by atoms with Crippen LogP contribution in [0, 0.1) is 0 Å². The van der Waals surface area contributed by atoms with Gasteiger partial charge in [-0.1, -0.05) is 0 Å². The van der Waals surface area contributed by atoms with Gasteiger partial charge in [-0.2, -0.15) is 0 Å². The van der Waals surface area contributed by atoms with E-state index in [0.717, 1.165) is 12.2 Å². The molecule has 0 spiro atoms. The summed E-state index contributed by atoms with van der Waals surface area (Å²) in [5.41, 5.74) is 1.15. The Bertz CT molecular complexity index is 298. The molecule has 4 nitrogen and oxygen atoms in total. The highest BCUT2D eigenvalue weighted by Gasteiger charge is 2.40. The fourth-order valence-electron chi connectivity index (χ4n) is 2.48. The number of nitrogens with one attached hydrogen (secondary N) is 2. The summed E-state index contributed by atoms with van der Waals surface area (Å²) in [5, 5.41) is 3.52. The van der Waals surface area contributed by atoms with Gasteiger partial charge in [0, 0.05) is 24.5 Å². The Morgan fingerprint density at radius 2 is 2.57 bits per heavy atom. The zero-order valence-corrected chi connectivity index (χ0v) is 8.07. The Balaban J connectivity index is 1.54. The summed E-state index contributed by atoms with van der Waals surface area (Å²) >= 11 is 0. The lowest BCUT2D eigenvalue weighted by atomic mass is 9.95. The topological polar surface area (TPSA) is 49.9 Å². The van der Waals surface area contributed by atoms with Gasteiger partial charge in [-0.15, -0.1) is 0 Å². The third-order valence-electron chi connectivity index (χ3n) is 3.22. The number of fused-ring (bicyclic) bond motifs is 2. The zero-order chi connectivity index (χ0) is 9.38. The molecule has 2 aliphatic rings. The van der Waals surface area contributed by atoms with Crippen LogP contribution in [0.1, 0.15) is 25.0 Å². The molecule has 4 heteroatoms. The number of H-pyrrole nitrogens is 1. The van der Waals surface area contributed by atoms with Gasteiger partial charge in [-0.3, -0.25) is 0 Å². The van der Waals surface area contributed by atoms with Crippen LogP contribution in [0.5, 0.6) is 0 Å². The van der Waals surface area contributed by atoms with Gasteiger partial charge in [-0.25, -0.2) is 4.98 Å². The highest BCUT2D eigenvalue weighted by Crippen LogP contribution is 2.34. The van der Waals surface area contributed by atoms with Gasteiger partial charge in [0.15, 0.2) is 0 Å². The third kappa shape index (κ3) is 1.44. The molecule has 3 atom stereocenters. The molecule has 2 saturated heterocycles. The van der Waals surface area contributed by atoms with Crippen molar-refractivity contribution in [3.05, 3.63) is 18.2 Å². The second kappa shape index (κ2) is 3.37. The van der Waals surface area contributed by atoms with E-state index in [4.69, 9.17) is 4.74 Å². The summed E-state index contributed by atoms with van der Waals surface area (Å²) < 4.78 is 5.77. The van der Waals surface area contributed by atoms with Gasteiger partial charge in [0.2, 0.25) is 0 Å². The first-order valence-corrected chi connectivity index (χ1v) is 5.28. The molecular formula is C10H15N3O. The number of aromatic amines is 1. The maximum absolute atomic E-state index is 5.77. The molecular weight excluding hydrogens is 178 g/mol. The minimum Gasteiger partial charge on any atom is -0.373 e. The molecule has 76 valence electrons. The number of hydrogen-bond donors (Lipinski definition) is 2. The van der Waals surface area contributed by atoms with Gasteiger partial charge < -0.3 is 15.0 Å². The van der Waals surface area contributed by atoms with E-state index in [1.54, 1.807) is 6.33 Å². The van der Waals surface area contributed by atoms with Gasteiger partial charge in [-0.05, 0) is 19.3 Å². The quantitative estimate of drug-likeness (QED) is 0.747. The first-order chi connectivity index (χ1) is 6.92. The van der Waals surface area contributed by atoms with E-state index in [1.165, 1.54) is 19.3 Å². The van der Waals surface area contributed by atoms with E-state index in [9.17, 15) is 0 Å². The molecule has 0 aliphatic carbocycles. The van der Waals surface area contributed by atoms with Crippen LogP contribution < -0.4 is 5.32 Å². The Kier molecular flexibility index (Phi) is 2.03. The molecule has 0 amide bonds. The minimum atomic E-state index is 0.461. The maximum Gasteiger partial charge on any atom is 0.0922 e. The molecule has 2 aliphatic heterocycles. The summed E-state index contributed by atoms with van der Waals surface area (Å²) in [6.45, 7) is 0.872. The standard InChI is InChI=1S/C10H15N3O/c1-2-10-9(3-8(1)14-10)12-5-7-4-11-6-13-7/h4,6,8-10,12H,1-3,5H2,(H,11,13). The van der Waals surface area contributed by atoms with E-state index in [1.807, 2.05) is 6.20 Å². The Labute approximate surface area is 83.1 Å². The van der Waals surface area contributed by atoms with Gasteiger partial charge >= 0.3 is 0 Å². The highest BCUT2D eigenvalue weighted by molar-refractivity contribution is 4.98. The van der Waals surface area contributed by atoms with E-state index in [0.29, 0.717) is 18.2 Å². The van der Waals surface area contributed by atoms with Crippen molar-refractivity contribution in [2.75, 3.05) is 0 Å². The fourth-order valence-corrected chi connectivity index (χ4v) is 2.48. The normalized spacial score (nSPS) is 35.3. The minimum absolute atomic E-state index is 0.461. The van der Waals surface area contributed by atoms with Crippen molar-refractivity contribution in [3.8, 4) is 0 Å². The van der Waals surface area contributed by atoms with Crippen molar-refractivity contribution < 1.29 is 4.74 Å². The molecule has 2 bridgehead atoms. The summed E-state index contributed by atoms with van der Waals surface area (Å²) in [6, 6.07) is 0.553. The molecule has 2 fully saturated rings. The number of aromatic nitrogens is 2. The summed E-state index contributed by atoms with van der Waals surface area (Å²) in [6.07, 6.45) is 8.23. The van der Waals surface area contributed by atoms with Gasteiger partial charge in [0.05, 0.1) is 18.5 Å². The van der Waals surface area contributed by atoms with Crippen LogP contribution in [0.25, 0.3) is 0 Å². The van der Waals surface area contributed by atoms with Crippen molar-refractivity contribution in [3.63, 3.8) is 0 Å². The highest BCUT2D eigenvalue weighted by atomic mass is 16.5. The fraction of sp³-hybridized carbons (Fsp3) is 0.700. The number of imidazole rings is 1. The van der Waals surface area contributed by atoms with E-state index in [2.05, 4.69) is 15.3 Å². The molecule has 2 N–H and O–H groups in total. The van der Waals surface area contributed by atoms with Gasteiger partial charge in [0.1, 0.15) is 0 Å². The molecule has 0 aromatic carbocycles. The van der Waals surface area contributed by atoms with Crippen molar-refractivity contribution >= 4 is 0 Å². The number of nitrogens with zero attached hydrogens (tertiary/aromatic N) is 1. The predicted octanol–water partition coefficient (Wildman–Crippen LogP) is 0.819.